The van der Waals surface area contributed by atoms with Gasteiger partial charge in [-0.05, 0) is 42.4 Å². The van der Waals surface area contributed by atoms with Crippen LogP contribution in [-0.4, -0.2) is 35.3 Å². The summed E-state index contributed by atoms with van der Waals surface area (Å²) in [5, 5.41) is 5.78. The summed E-state index contributed by atoms with van der Waals surface area (Å²) in [7, 11) is 1.24. The first kappa shape index (κ1) is 20.2. The van der Waals surface area contributed by atoms with Crippen LogP contribution in [0.1, 0.15) is 12.5 Å². The molecule has 0 unspecified atom stereocenters. The molecular formula is C22H19N3O3S. The zero-order valence-corrected chi connectivity index (χ0v) is 16.8. The first-order valence-electron chi connectivity index (χ1n) is 8.82. The minimum absolute atomic E-state index is 0.0227. The first-order valence-corrected chi connectivity index (χ1v) is 9.22. The number of nitrogens with zero attached hydrogens (tertiary/aromatic N) is 3. The van der Waals surface area contributed by atoms with Gasteiger partial charge in [-0.15, -0.1) is 0 Å². The second-order valence-electron chi connectivity index (χ2n) is 6.17. The van der Waals surface area contributed by atoms with Crippen LogP contribution in [0.2, 0.25) is 0 Å². The molecule has 0 N–H and O–H groups in total. The number of carbonyl (C=O) groups excluding carboxylic acids is 2. The molecule has 1 saturated heterocycles. The summed E-state index contributed by atoms with van der Waals surface area (Å²) in [6, 6.07) is 18.7. The Labute approximate surface area is 174 Å². The maximum absolute atomic E-state index is 12.9. The minimum Gasteiger partial charge on any atom is -0.466 e. The Morgan fingerprint density at radius 3 is 2.31 bits per heavy atom. The van der Waals surface area contributed by atoms with Crippen molar-refractivity contribution in [2.45, 2.75) is 6.92 Å². The quantitative estimate of drug-likeness (QED) is 0.328. The molecule has 0 radical (unpaired) electrons. The van der Waals surface area contributed by atoms with Gasteiger partial charge in [-0.3, -0.25) is 4.79 Å². The lowest BCUT2D eigenvalue weighted by molar-refractivity contribution is -0.135. The summed E-state index contributed by atoms with van der Waals surface area (Å²) in [5.74, 6) is -1.11. The summed E-state index contributed by atoms with van der Waals surface area (Å²) >= 11 is 5.47. The molecule has 1 heterocycles. The number of carbonyl (C=O) groups is 2. The van der Waals surface area contributed by atoms with Crippen LogP contribution in [0.25, 0.3) is 6.08 Å². The van der Waals surface area contributed by atoms with E-state index in [9.17, 15) is 9.59 Å². The Hall–Kier alpha value is -3.58. The number of hydrogen-bond donors (Lipinski definition) is 0. The lowest BCUT2D eigenvalue weighted by Crippen LogP contribution is -2.30. The zero-order valence-electron chi connectivity index (χ0n) is 16.0. The minimum atomic E-state index is -0.664. The third kappa shape index (κ3) is 4.64. The summed E-state index contributed by atoms with van der Waals surface area (Å²) in [5.41, 5.74) is 2.48. The normalized spacial score (nSPS) is 16.2. The lowest BCUT2D eigenvalue weighted by atomic mass is 10.1. The first-order chi connectivity index (χ1) is 14.0. The highest BCUT2D eigenvalue weighted by atomic mass is 32.1. The second kappa shape index (κ2) is 9.07. The number of methoxy groups -OCH3 is 1. The van der Waals surface area contributed by atoms with Crippen LogP contribution in [0, 0.1) is 0 Å². The second-order valence-corrected chi connectivity index (χ2v) is 6.53. The molecule has 2 aromatic rings. The maximum Gasteiger partial charge on any atom is 0.332 e. The largest absolute Gasteiger partial charge is 0.466 e. The van der Waals surface area contributed by atoms with E-state index in [-0.39, 0.29) is 10.8 Å². The number of benzene rings is 2. The highest BCUT2D eigenvalue weighted by Gasteiger charge is 2.39. The van der Waals surface area contributed by atoms with E-state index in [0.717, 1.165) is 17.2 Å². The Balaban J connectivity index is 1.94. The number of ether oxygens (including phenoxy) is 1. The molecule has 0 aromatic heterocycles. The molecule has 0 bridgehead atoms. The molecule has 1 amide bonds. The third-order valence-electron chi connectivity index (χ3n) is 4.06. The summed E-state index contributed by atoms with van der Waals surface area (Å²) in [4.78, 5) is 26.1. The van der Waals surface area contributed by atoms with E-state index >= 15 is 0 Å². The third-order valence-corrected chi connectivity index (χ3v) is 4.42. The van der Waals surface area contributed by atoms with E-state index in [4.69, 9.17) is 12.2 Å². The number of rotatable bonds is 5. The maximum atomic E-state index is 12.9. The van der Waals surface area contributed by atoms with Crippen LogP contribution < -0.4 is 4.90 Å². The monoisotopic (exact) mass is 405 g/mol. The van der Waals surface area contributed by atoms with Gasteiger partial charge in [0.15, 0.2) is 0 Å². The van der Waals surface area contributed by atoms with Crippen molar-refractivity contribution in [3.8, 4) is 0 Å². The smallest absolute Gasteiger partial charge is 0.332 e. The molecule has 0 atom stereocenters. The number of hydrazone groups is 1. The molecule has 0 aliphatic carbocycles. The predicted molar refractivity (Wildman–Crippen MR) is 117 cm³/mol. The van der Waals surface area contributed by atoms with Crippen LogP contribution in [0.15, 0.2) is 83.1 Å². The van der Waals surface area contributed by atoms with Gasteiger partial charge in [0, 0.05) is 0 Å². The Kier molecular flexibility index (Phi) is 6.31. The molecule has 3 rings (SSSR count). The average molecular weight is 405 g/mol. The lowest BCUT2D eigenvalue weighted by Gasteiger charge is -2.16. The van der Waals surface area contributed by atoms with Gasteiger partial charge < -0.3 is 4.74 Å². The number of esters is 1. The molecule has 1 aliphatic rings. The summed E-state index contributed by atoms with van der Waals surface area (Å²) in [6.07, 6.45) is 4.63. The van der Waals surface area contributed by atoms with Crippen LogP contribution in [0.4, 0.5) is 5.69 Å². The number of para-hydroxylation sites is 1. The fraction of sp³-hybridized carbons (Fsp3) is 0.0909. The van der Waals surface area contributed by atoms with E-state index in [1.54, 1.807) is 30.5 Å². The van der Waals surface area contributed by atoms with Crippen molar-refractivity contribution in [1.29, 1.82) is 0 Å². The Morgan fingerprint density at radius 1 is 1.07 bits per heavy atom. The summed E-state index contributed by atoms with van der Waals surface area (Å²) in [6.45, 7) is 1.89. The molecule has 6 nitrogen and oxygen atoms in total. The van der Waals surface area contributed by atoms with Gasteiger partial charge in [-0.1, -0.05) is 54.6 Å². The van der Waals surface area contributed by atoms with Crippen molar-refractivity contribution < 1.29 is 14.3 Å². The summed E-state index contributed by atoms with van der Waals surface area (Å²) < 4.78 is 4.67. The van der Waals surface area contributed by atoms with Gasteiger partial charge >= 0.3 is 5.97 Å². The van der Waals surface area contributed by atoms with Gasteiger partial charge in [0.05, 0.1) is 25.1 Å². The highest BCUT2D eigenvalue weighted by molar-refractivity contribution is 7.80. The number of thiocarbonyl (C=S) groups is 1. The number of anilines is 1. The molecule has 7 heteroatoms. The SMILES string of the molecule is COC(=O)/C=C1\C(=O)N(c2ccccc2)C(=S)N1/N=C/C(C)=C/c1ccccc1. The standard InChI is InChI=1S/C22H19N3O3S/c1-16(13-17-9-5-3-6-10-17)15-23-25-19(14-20(26)28-2)21(27)24(22(25)29)18-11-7-4-8-12-18/h3-15H,1-2H3/b16-13+,19-14+,23-15+. The van der Waals surface area contributed by atoms with Crippen molar-refractivity contribution in [1.82, 2.24) is 5.01 Å². The molecule has 29 heavy (non-hydrogen) atoms. The number of amides is 1. The van der Waals surface area contributed by atoms with Gasteiger partial charge in [0.1, 0.15) is 5.70 Å². The van der Waals surface area contributed by atoms with Crippen LogP contribution in [-0.2, 0) is 14.3 Å². The zero-order chi connectivity index (χ0) is 20.8. The molecule has 2 aromatic carbocycles. The predicted octanol–water partition coefficient (Wildman–Crippen LogP) is 3.77. The van der Waals surface area contributed by atoms with Crippen LogP contribution in [0.3, 0.4) is 0 Å². The van der Waals surface area contributed by atoms with Crippen molar-refractivity contribution in [2.24, 2.45) is 5.10 Å². The van der Waals surface area contributed by atoms with Crippen molar-refractivity contribution >= 4 is 47.2 Å². The molecule has 1 aliphatic heterocycles. The molecule has 1 fully saturated rings. The van der Waals surface area contributed by atoms with Gasteiger partial charge in [0.2, 0.25) is 5.11 Å². The fourth-order valence-corrected chi connectivity index (χ4v) is 3.03. The number of hydrogen-bond acceptors (Lipinski definition) is 5. The van der Waals surface area contributed by atoms with E-state index in [2.05, 4.69) is 9.84 Å². The molecule has 146 valence electrons. The Morgan fingerprint density at radius 2 is 1.69 bits per heavy atom. The Bertz CT molecular complexity index is 1010. The fourth-order valence-electron chi connectivity index (χ4n) is 2.70. The van der Waals surface area contributed by atoms with Crippen molar-refractivity contribution in [3.05, 3.63) is 83.6 Å². The number of allylic oxidation sites excluding steroid dienone is 1. The van der Waals surface area contributed by atoms with Gasteiger partial charge in [-0.25, -0.2) is 14.7 Å². The molecular weight excluding hydrogens is 386 g/mol. The van der Waals surface area contributed by atoms with Crippen molar-refractivity contribution in [3.63, 3.8) is 0 Å². The topological polar surface area (TPSA) is 62.2 Å². The van der Waals surface area contributed by atoms with Gasteiger partial charge in [0.25, 0.3) is 5.91 Å². The van der Waals surface area contributed by atoms with Crippen LogP contribution in [0.5, 0.6) is 0 Å². The van der Waals surface area contributed by atoms with E-state index in [1.165, 1.54) is 17.0 Å². The average Bonchev–Trinajstić information content (AvgIpc) is 2.97. The van der Waals surface area contributed by atoms with E-state index < -0.39 is 11.9 Å². The van der Waals surface area contributed by atoms with Crippen molar-refractivity contribution in [2.75, 3.05) is 12.0 Å². The molecule has 0 spiro atoms. The molecule has 0 saturated carbocycles. The highest BCUT2D eigenvalue weighted by Crippen LogP contribution is 2.28. The van der Waals surface area contributed by atoms with Crippen LogP contribution >= 0.6 is 12.2 Å². The van der Waals surface area contributed by atoms with E-state index in [0.29, 0.717) is 5.69 Å². The van der Waals surface area contributed by atoms with Gasteiger partial charge in [-0.2, -0.15) is 5.10 Å². The van der Waals surface area contributed by atoms with E-state index in [1.807, 2.05) is 49.4 Å².